The van der Waals surface area contributed by atoms with Crippen LogP contribution in [-0.2, 0) is 9.59 Å². The number of carbonyl (C=O) groups is 3. The van der Waals surface area contributed by atoms with E-state index >= 15 is 0 Å². The van der Waals surface area contributed by atoms with E-state index < -0.39 is 12.0 Å². The van der Waals surface area contributed by atoms with Crippen LogP contribution in [0.25, 0.3) is 0 Å². The summed E-state index contributed by atoms with van der Waals surface area (Å²) < 4.78 is 0. The summed E-state index contributed by atoms with van der Waals surface area (Å²) in [5, 5.41) is 10.9. The second-order valence-corrected chi connectivity index (χ2v) is 5.13. The van der Waals surface area contributed by atoms with Crippen molar-refractivity contribution < 1.29 is 19.5 Å². The van der Waals surface area contributed by atoms with Crippen LogP contribution >= 0.6 is 0 Å². The lowest BCUT2D eigenvalue weighted by atomic mass is 10.1. The maximum atomic E-state index is 11.3. The second-order valence-electron chi connectivity index (χ2n) is 5.13. The number of carboxylic acids is 1. The van der Waals surface area contributed by atoms with Crippen molar-refractivity contribution in [2.75, 3.05) is 7.05 Å². The molecule has 1 aliphatic heterocycles. The van der Waals surface area contributed by atoms with Gasteiger partial charge in [0.05, 0.1) is 0 Å². The monoisotopic (exact) mass is 301 g/mol. The molecule has 0 bridgehead atoms. The van der Waals surface area contributed by atoms with Crippen LogP contribution in [0.1, 0.15) is 52.4 Å². The number of rotatable bonds is 7. The molecule has 0 aromatic carbocycles. The molecule has 0 radical (unpaired) electrons. The van der Waals surface area contributed by atoms with Crippen LogP contribution in [0.5, 0.6) is 0 Å². The summed E-state index contributed by atoms with van der Waals surface area (Å²) in [5.74, 6) is -1.00. The Kier molecular flexibility index (Phi) is 9.36. The molecule has 122 valence electrons. The molecule has 2 atom stereocenters. The minimum Gasteiger partial charge on any atom is -0.480 e. The Labute approximate surface area is 125 Å². The summed E-state index contributed by atoms with van der Waals surface area (Å²) in [6, 6.07) is -1.21. The van der Waals surface area contributed by atoms with Gasteiger partial charge in [0, 0.05) is 7.05 Å². The molecule has 21 heavy (non-hydrogen) atoms. The normalized spacial score (nSPS) is 18.9. The Morgan fingerprint density at radius 2 is 1.90 bits per heavy atom. The van der Waals surface area contributed by atoms with Gasteiger partial charge in [-0.2, -0.15) is 0 Å². The minimum absolute atomic E-state index is 0.103. The number of carbonyl (C=O) groups excluding carboxylic acids is 2. The first-order chi connectivity index (χ1) is 9.84. The summed E-state index contributed by atoms with van der Waals surface area (Å²) in [5.41, 5.74) is 5.20. The summed E-state index contributed by atoms with van der Waals surface area (Å²) >= 11 is 0. The van der Waals surface area contributed by atoms with Crippen LogP contribution in [0.15, 0.2) is 0 Å². The van der Waals surface area contributed by atoms with E-state index in [1.807, 2.05) is 6.92 Å². The van der Waals surface area contributed by atoms with E-state index in [0.29, 0.717) is 6.42 Å². The topological polar surface area (TPSA) is 113 Å². The number of aliphatic carboxylic acids is 1. The van der Waals surface area contributed by atoms with Crippen molar-refractivity contribution in [1.29, 1.82) is 0 Å². The fraction of sp³-hybridized carbons (Fsp3) is 0.786. The molecule has 7 nitrogen and oxygen atoms in total. The summed E-state index contributed by atoms with van der Waals surface area (Å²) in [7, 11) is 1.50. The van der Waals surface area contributed by atoms with E-state index in [1.54, 1.807) is 0 Å². The molecule has 1 rings (SSSR count). The number of nitrogens with zero attached hydrogens (tertiary/aromatic N) is 1. The molecule has 1 saturated heterocycles. The molecule has 1 aliphatic rings. The van der Waals surface area contributed by atoms with Gasteiger partial charge in [-0.05, 0) is 12.8 Å². The van der Waals surface area contributed by atoms with Gasteiger partial charge in [-0.1, -0.05) is 39.5 Å². The summed E-state index contributed by atoms with van der Waals surface area (Å²) in [6.45, 7) is 4.07. The van der Waals surface area contributed by atoms with Gasteiger partial charge in [0.25, 0.3) is 5.91 Å². The predicted molar refractivity (Wildman–Crippen MR) is 79.8 cm³/mol. The van der Waals surface area contributed by atoms with Crippen molar-refractivity contribution in [1.82, 2.24) is 10.2 Å². The highest BCUT2D eigenvalue weighted by Gasteiger charge is 2.34. The van der Waals surface area contributed by atoms with Gasteiger partial charge in [0.1, 0.15) is 12.1 Å². The molecule has 7 heteroatoms. The van der Waals surface area contributed by atoms with Crippen molar-refractivity contribution in [2.45, 2.75) is 64.5 Å². The molecule has 3 amide bonds. The van der Waals surface area contributed by atoms with Gasteiger partial charge in [-0.25, -0.2) is 4.79 Å². The number of carboxylic acid groups (broad SMARTS) is 1. The van der Waals surface area contributed by atoms with Gasteiger partial charge in [-0.3, -0.25) is 14.5 Å². The Morgan fingerprint density at radius 3 is 2.29 bits per heavy atom. The lowest BCUT2D eigenvalue weighted by Crippen LogP contribution is -2.29. The standard InChI is InChI=1S/C8H14N2O2.C6H13NO2/c1-3-4-5-6-7(11)10(2)8(12)9-6;1-2-3-4-5(7)6(8)9/h6H,3-5H2,1-2H3,(H,9,12);5H,2-4,7H2,1H3,(H,8,9). The van der Waals surface area contributed by atoms with Crippen LogP contribution in [0.4, 0.5) is 4.79 Å². The number of likely N-dealkylation sites (N-methyl/N-ethyl adjacent to an activating group) is 1. The van der Waals surface area contributed by atoms with Gasteiger partial charge in [0.15, 0.2) is 0 Å². The lowest BCUT2D eigenvalue weighted by molar-refractivity contribution is -0.138. The number of imide groups is 1. The third kappa shape index (κ3) is 7.08. The van der Waals surface area contributed by atoms with Crippen molar-refractivity contribution in [3.05, 3.63) is 0 Å². The average molecular weight is 301 g/mol. The summed E-state index contributed by atoms with van der Waals surface area (Å²) in [6.07, 6.45) is 5.26. The fourth-order valence-corrected chi connectivity index (χ4v) is 1.79. The SMILES string of the molecule is CCCCC(N)C(=O)O.CCCCC1NC(=O)N(C)C1=O. The van der Waals surface area contributed by atoms with Crippen molar-refractivity contribution in [2.24, 2.45) is 5.73 Å². The Hall–Kier alpha value is -1.63. The first-order valence-electron chi connectivity index (χ1n) is 7.41. The molecule has 4 N–H and O–H groups in total. The van der Waals surface area contributed by atoms with E-state index in [9.17, 15) is 14.4 Å². The highest BCUT2D eigenvalue weighted by Crippen LogP contribution is 2.09. The Balaban J connectivity index is 0.000000400. The van der Waals surface area contributed by atoms with Crippen molar-refractivity contribution in [3.63, 3.8) is 0 Å². The first-order valence-corrected chi connectivity index (χ1v) is 7.41. The molecule has 2 unspecified atom stereocenters. The zero-order chi connectivity index (χ0) is 16.4. The lowest BCUT2D eigenvalue weighted by Gasteiger charge is -2.05. The summed E-state index contributed by atoms with van der Waals surface area (Å²) in [4.78, 5) is 33.4. The van der Waals surface area contributed by atoms with Crippen molar-refractivity contribution >= 4 is 17.9 Å². The zero-order valence-corrected chi connectivity index (χ0v) is 13.1. The second kappa shape index (κ2) is 10.1. The maximum Gasteiger partial charge on any atom is 0.324 e. The smallest absolute Gasteiger partial charge is 0.324 e. The van der Waals surface area contributed by atoms with Gasteiger partial charge < -0.3 is 16.2 Å². The van der Waals surface area contributed by atoms with Gasteiger partial charge >= 0.3 is 12.0 Å². The van der Waals surface area contributed by atoms with E-state index in [2.05, 4.69) is 12.2 Å². The molecular weight excluding hydrogens is 274 g/mol. The number of amides is 3. The van der Waals surface area contributed by atoms with E-state index in [-0.39, 0.29) is 18.0 Å². The van der Waals surface area contributed by atoms with Crippen LogP contribution in [-0.4, -0.2) is 47.0 Å². The largest absolute Gasteiger partial charge is 0.480 e. The number of nitrogens with one attached hydrogen (secondary N) is 1. The Morgan fingerprint density at radius 1 is 1.33 bits per heavy atom. The number of unbranched alkanes of at least 4 members (excludes halogenated alkanes) is 2. The van der Waals surface area contributed by atoms with Crippen LogP contribution in [0.3, 0.4) is 0 Å². The molecule has 0 saturated carbocycles. The molecule has 0 aliphatic carbocycles. The first kappa shape index (κ1) is 19.4. The maximum absolute atomic E-state index is 11.3. The zero-order valence-electron chi connectivity index (χ0n) is 13.1. The fourth-order valence-electron chi connectivity index (χ4n) is 1.79. The number of urea groups is 1. The quantitative estimate of drug-likeness (QED) is 0.614. The van der Waals surface area contributed by atoms with Crippen LogP contribution in [0, 0.1) is 0 Å². The third-order valence-corrected chi connectivity index (χ3v) is 3.26. The van der Waals surface area contributed by atoms with Gasteiger partial charge in [-0.15, -0.1) is 0 Å². The number of hydrogen-bond acceptors (Lipinski definition) is 4. The molecule has 1 heterocycles. The predicted octanol–water partition coefficient (Wildman–Crippen LogP) is 1.32. The Bertz CT molecular complexity index is 360. The number of hydrogen-bond donors (Lipinski definition) is 3. The molecular formula is C14H27N3O4. The van der Waals surface area contributed by atoms with Gasteiger partial charge in [0.2, 0.25) is 0 Å². The molecule has 1 fully saturated rings. The van der Waals surface area contributed by atoms with Crippen LogP contribution < -0.4 is 11.1 Å². The van der Waals surface area contributed by atoms with E-state index in [0.717, 1.165) is 37.0 Å². The number of nitrogens with two attached hydrogens (primary N) is 1. The van der Waals surface area contributed by atoms with Crippen LogP contribution in [0.2, 0.25) is 0 Å². The average Bonchev–Trinajstić information content (AvgIpc) is 2.70. The molecule has 0 spiro atoms. The van der Waals surface area contributed by atoms with E-state index in [1.165, 1.54) is 7.05 Å². The van der Waals surface area contributed by atoms with Crippen molar-refractivity contribution in [3.8, 4) is 0 Å². The minimum atomic E-state index is -0.900. The third-order valence-electron chi connectivity index (χ3n) is 3.26. The highest BCUT2D eigenvalue weighted by atomic mass is 16.4. The molecule has 0 aromatic rings. The molecule has 0 aromatic heterocycles. The van der Waals surface area contributed by atoms with E-state index in [4.69, 9.17) is 10.8 Å². The highest BCUT2D eigenvalue weighted by molar-refractivity contribution is 6.03.